The normalized spacial score (nSPS) is 24.6. The third kappa shape index (κ3) is 3.78. The minimum Gasteiger partial charge on any atom is -0.358 e. The molecule has 0 aromatic heterocycles. The van der Waals surface area contributed by atoms with Gasteiger partial charge in [0.2, 0.25) is 5.91 Å². The van der Waals surface area contributed by atoms with Crippen LogP contribution in [0.1, 0.15) is 73.3 Å². The van der Waals surface area contributed by atoms with Crippen molar-refractivity contribution in [3.05, 3.63) is 107 Å². The number of rotatable bonds is 5. The van der Waals surface area contributed by atoms with E-state index in [-0.39, 0.29) is 17.5 Å². The molecule has 1 amide bonds. The Balaban J connectivity index is 1.62. The van der Waals surface area contributed by atoms with Gasteiger partial charge in [-0.1, -0.05) is 101 Å². The molecule has 40 heavy (non-hydrogen) atoms. The van der Waals surface area contributed by atoms with E-state index < -0.39 is 28.8 Å². The molecule has 0 aliphatic carbocycles. The number of carbonyl (C=O) groups excluding carboxylic acids is 3. The Morgan fingerprint density at radius 3 is 2.33 bits per heavy atom. The van der Waals surface area contributed by atoms with Gasteiger partial charge in [0, 0.05) is 22.9 Å². The Morgan fingerprint density at radius 2 is 1.62 bits per heavy atom. The Morgan fingerprint density at radius 1 is 0.950 bits per heavy atom. The predicted molar refractivity (Wildman–Crippen MR) is 158 cm³/mol. The lowest BCUT2D eigenvalue weighted by molar-refractivity contribution is -0.131. The lowest BCUT2D eigenvalue weighted by atomic mass is 9.62. The second-order valence-corrected chi connectivity index (χ2v) is 12.9. The number of para-hydroxylation sites is 1. The van der Waals surface area contributed by atoms with E-state index in [2.05, 4.69) is 19.2 Å². The van der Waals surface area contributed by atoms with Crippen LogP contribution in [0, 0.1) is 17.3 Å². The van der Waals surface area contributed by atoms with Crippen molar-refractivity contribution in [2.75, 3.05) is 5.32 Å². The van der Waals surface area contributed by atoms with Crippen LogP contribution >= 0.6 is 0 Å². The molecule has 6 rings (SSSR count). The predicted octanol–water partition coefficient (Wildman–Crippen LogP) is 6.60. The lowest BCUT2D eigenvalue weighted by Crippen LogP contribution is -2.50. The Bertz CT molecular complexity index is 1550. The van der Waals surface area contributed by atoms with Crippen molar-refractivity contribution in [3.63, 3.8) is 0 Å². The number of hydrogen-bond donors (Lipinski definition) is 1. The highest BCUT2D eigenvalue weighted by atomic mass is 16.2. The maximum atomic E-state index is 14.8. The van der Waals surface area contributed by atoms with Crippen LogP contribution in [-0.2, 0) is 21.4 Å². The van der Waals surface area contributed by atoms with Crippen molar-refractivity contribution < 1.29 is 14.4 Å². The lowest BCUT2D eigenvalue weighted by Gasteiger charge is -2.38. The van der Waals surface area contributed by atoms with Crippen LogP contribution in [0.15, 0.2) is 79.0 Å². The maximum Gasteiger partial charge on any atom is 0.238 e. The van der Waals surface area contributed by atoms with Gasteiger partial charge in [-0.05, 0) is 46.7 Å². The fraction of sp³-hybridized carbons (Fsp3) is 0.343. The summed E-state index contributed by atoms with van der Waals surface area (Å²) in [5.41, 5.74) is 3.11. The molecule has 1 N–H and O–H groups in total. The molecule has 3 aliphatic rings. The van der Waals surface area contributed by atoms with Crippen LogP contribution in [0.3, 0.4) is 0 Å². The van der Waals surface area contributed by atoms with Crippen LogP contribution in [-0.4, -0.2) is 28.4 Å². The molecule has 5 heteroatoms. The Hall–Kier alpha value is -3.99. The number of ketones is 2. The summed E-state index contributed by atoms with van der Waals surface area (Å²) in [6.07, 6.45) is 4.84. The van der Waals surface area contributed by atoms with Crippen LogP contribution in [0.5, 0.6) is 0 Å². The largest absolute Gasteiger partial charge is 0.358 e. The number of amides is 1. The monoisotopic (exact) mass is 532 g/mol. The first-order chi connectivity index (χ1) is 19.0. The van der Waals surface area contributed by atoms with E-state index in [1.54, 1.807) is 0 Å². The van der Waals surface area contributed by atoms with Gasteiger partial charge in [0.1, 0.15) is 5.41 Å². The first-order valence-corrected chi connectivity index (χ1v) is 14.2. The van der Waals surface area contributed by atoms with E-state index in [1.807, 2.05) is 111 Å². The van der Waals surface area contributed by atoms with Gasteiger partial charge in [0.15, 0.2) is 11.6 Å². The number of Topliss-reactive ketones (excluding diaryl/α,β-unsaturated/α-hetero) is 2. The van der Waals surface area contributed by atoms with Crippen LogP contribution in [0.25, 0.3) is 6.08 Å². The highest BCUT2D eigenvalue weighted by Crippen LogP contribution is 2.62. The van der Waals surface area contributed by atoms with Gasteiger partial charge in [-0.3, -0.25) is 14.4 Å². The molecule has 1 fully saturated rings. The van der Waals surface area contributed by atoms with Gasteiger partial charge in [0.05, 0.1) is 18.0 Å². The second kappa shape index (κ2) is 9.29. The number of benzene rings is 3. The minimum absolute atomic E-state index is 0.0506. The van der Waals surface area contributed by atoms with Gasteiger partial charge in [0.25, 0.3) is 0 Å². The van der Waals surface area contributed by atoms with Gasteiger partial charge in [-0.15, -0.1) is 0 Å². The zero-order valence-corrected chi connectivity index (χ0v) is 23.8. The second-order valence-electron chi connectivity index (χ2n) is 12.9. The van der Waals surface area contributed by atoms with Crippen molar-refractivity contribution in [2.45, 2.75) is 58.5 Å². The van der Waals surface area contributed by atoms with Crippen molar-refractivity contribution in [1.29, 1.82) is 0 Å². The molecule has 3 aromatic carbocycles. The summed E-state index contributed by atoms with van der Waals surface area (Å²) in [7, 11) is 0. The molecule has 1 saturated heterocycles. The molecule has 0 saturated carbocycles. The topological polar surface area (TPSA) is 66.5 Å². The van der Waals surface area contributed by atoms with Gasteiger partial charge < -0.3 is 10.2 Å². The van der Waals surface area contributed by atoms with E-state index in [9.17, 15) is 14.4 Å². The van der Waals surface area contributed by atoms with Gasteiger partial charge in [-0.2, -0.15) is 0 Å². The summed E-state index contributed by atoms with van der Waals surface area (Å²) in [5, 5.41) is 3.11. The average molecular weight is 533 g/mol. The standard InChI is InChI=1S/C35H36N2O3/c1-21(2)20-22-14-16-24(17-15-22)30(38)28-29(32(39)34(3,4)5)37-19-18-23-10-6-7-11-25(23)31(37)35(28)26-12-8-9-13-27(26)36-33(35)40/h6-19,21,28-29,31H,20H2,1-5H3,(H,36,40)/t28-,29+,31-,35+/m0/s1. The quantitative estimate of drug-likeness (QED) is 0.376. The average Bonchev–Trinajstić information content (AvgIpc) is 3.40. The summed E-state index contributed by atoms with van der Waals surface area (Å²) in [4.78, 5) is 45.6. The molecule has 204 valence electrons. The summed E-state index contributed by atoms with van der Waals surface area (Å²) >= 11 is 0. The highest BCUT2D eigenvalue weighted by Gasteiger charge is 2.71. The summed E-state index contributed by atoms with van der Waals surface area (Å²) in [5.74, 6) is -0.876. The number of nitrogens with one attached hydrogen (secondary N) is 1. The summed E-state index contributed by atoms with van der Waals surface area (Å²) < 4.78 is 0. The Kier molecular flexibility index (Phi) is 6.10. The summed E-state index contributed by atoms with van der Waals surface area (Å²) in [6, 6.07) is 22.0. The van der Waals surface area contributed by atoms with Gasteiger partial charge >= 0.3 is 0 Å². The molecular formula is C35H36N2O3. The van der Waals surface area contributed by atoms with Crippen LogP contribution in [0.4, 0.5) is 5.69 Å². The van der Waals surface area contributed by atoms with E-state index in [4.69, 9.17) is 0 Å². The first-order valence-electron chi connectivity index (χ1n) is 14.2. The number of nitrogens with zero attached hydrogens (tertiary/aromatic N) is 1. The van der Waals surface area contributed by atoms with Crippen LogP contribution < -0.4 is 5.32 Å². The van der Waals surface area contributed by atoms with E-state index in [0.29, 0.717) is 17.2 Å². The molecule has 0 unspecified atom stereocenters. The van der Waals surface area contributed by atoms with E-state index in [0.717, 1.165) is 28.7 Å². The molecule has 1 spiro atoms. The molecule has 0 bridgehead atoms. The number of fused-ring (bicyclic) bond motifs is 6. The zero-order valence-electron chi connectivity index (χ0n) is 23.8. The smallest absolute Gasteiger partial charge is 0.238 e. The van der Waals surface area contributed by atoms with E-state index >= 15 is 0 Å². The minimum atomic E-state index is -1.28. The van der Waals surface area contributed by atoms with Crippen molar-refractivity contribution in [2.24, 2.45) is 17.3 Å². The fourth-order valence-corrected chi connectivity index (χ4v) is 7.07. The number of hydrogen-bond acceptors (Lipinski definition) is 4. The van der Waals surface area contributed by atoms with Gasteiger partial charge in [-0.25, -0.2) is 0 Å². The molecule has 3 heterocycles. The summed E-state index contributed by atoms with van der Waals surface area (Å²) in [6.45, 7) is 10.0. The maximum absolute atomic E-state index is 14.8. The van der Waals surface area contributed by atoms with Crippen LogP contribution in [0.2, 0.25) is 0 Å². The Labute approximate surface area is 236 Å². The molecule has 3 aromatic rings. The molecule has 5 nitrogen and oxygen atoms in total. The third-order valence-corrected chi connectivity index (χ3v) is 8.74. The SMILES string of the molecule is CC(C)Cc1ccc(C(=O)[C@@H]2[C@H](C(=O)C(C)(C)C)N3C=Cc4ccccc4[C@H]3[C@]23C(=O)Nc2ccccc23)cc1. The number of carbonyl (C=O) groups is 3. The van der Waals surface area contributed by atoms with Crippen molar-refractivity contribution >= 4 is 29.2 Å². The molecule has 3 aliphatic heterocycles. The highest BCUT2D eigenvalue weighted by molar-refractivity contribution is 6.15. The molecular weight excluding hydrogens is 496 g/mol. The third-order valence-electron chi connectivity index (χ3n) is 8.74. The zero-order chi connectivity index (χ0) is 28.4. The molecule has 0 radical (unpaired) electrons. The molecule has 4 atom stereocenters. The first kappa shape index (κ1) is 26.2. The van der Waals surface area contributed by atoms with Crippen molar-refractivity contribution in [1.82, 2.24) is 4.90 Å². The van der Waals surface area contributed by atoms with Crippen molar-refractivity contribution in [3.8, 4) is 0 Å². The van der Waals surface area contributed by atoms with E-state index in [1.165, 1.54) is 0 Å². The fourth-order valence-electron chi connectivity index (χ4n) is 7.07. The number of anilines is 1.